The molecule has 0 unspecified atom stereocenters. The van der Waals surface area contributed by atoms with Crippen LogP contribution in [0.4, 0.5) is 10.1 Å². The number of anilines is 1. The highest BCUT2D eigenvalue weighted by atomic mass is 19.1. The van der Waals surface area contributed by atoms with Crippen molar-refractivity contribution in [3.63, 3.8) is 0 Å². The Morgan fingerprint density at radius 2 is 1.96 bits per heavy atom. The van der Waals surface area contributed by atoms with Gasteiger partial charge in [0, 0.05) is 39.8 Å². The molecule has 1 saturated heterocycles. The zero-order valence-corrected chi connectivity index (χ0v) is 14.7. The third-order valence-corrected chi connectivity index (χ3v) is 4.79. The molecule has 0 aliphatic carbocycles. The van der Waals surface area contributed by atoms with Crippen LogP contribution in [-0.4, -0.2) is 34.7 Å². The Morgan fingerprint density at radius 3 is 2.69 bits per heavy atom. The number of aromatic nitrogens is 2. The highest BCUT2D eigenvalue weighted by Gasteiger charge is 2.25. The van der Waals surface area contributed by atoms with E-state index in [9.17, 15) is 18.8 Å². The summed E-state index contributed by atoms with van der Waals surface area (Å²) in [5.41, 5.74) is -0.476. The van der Waals surface area contributed by atoms with Gasteiger partial charge in [-0.3, -0.25) is 18.7 Å². The normalized spacial score (nSPS) is 16.7. The summed E-state index contributed by atoms with van der Waals surface area (Å²) >= 11 is 0. The van der Waals surface area contributed by atoms with Crippen molar-refractivity contribution < 1.29 is 9.18 Å². The minimum absolute atomic E-state index is 0.0297. The van der Waals surface area contributed by atoms with E-state index in [1.54, 1.807) is 18.2 Å². The summed E-state index contributed by atoms with van der Waals surface area (Å²) in [5.74, 6) is -0.555. The number of nitrogens with one attached hydrogen (secondary N) is 1. The largest absolute Gasteiger partial charge is 0.369 e. The Hall–Kier alpha value is -2.90. The van der Waals surface area contributed by atoms with Crippen LogP contribution in [0.1, 0.15) is 16.9 Å². The minimum atomic E-state index is -0.547. The van der Waals surface area contributed by atoms with Crippen LogP contribution < -0.4 is 21.5 Å². The molecule has 7 nitrogen and oxygen atoms in total. The fourth-order valence-electron chi connectivity index (χ4n) is 3.20. The quantitative estimate of drug-likeness (QED) is 0.861. The Kier molecular flexibility index (Phi) is 4.92. The average Bonchev–Trinajstić information content (AvgIpc) is 3.10. The molecule has 0 radical (unpaired) electrons. The van der Waals surface area contributed by atoms with Gasteiger partial charge in [0.25, 0.3) is 11.5 Å². The molecular formula is C18H21FN4O3. The lowest BCUT2D eigenvalue weighted by Gasteiger charge is -2.19. The van der Waals surface area contributed by atoms with E-state index in [0.717, 1.165) is 21.6 Å². The van der Waals surface area contributed by atoms with Gasteiger partial charge < -0.3 is 10.2 Å². The van der Waals surface area contributed by atoms with Crippen LogP contribution in [-0.2, 0) is 14.1 Å². The van der Waals surface area contributed by atoms with Crippen molar-refractivity contribution in [2.24, 2.45) is 20.0 Å². The number of halogens is 1. The van der Waals surface area contributed by atoms with Crippen molar-refractivity contribution >= 4 is 11.6 Å². The van der Waals surface area contributed by atoms with Gasteiger partial charge in [-0.25, -0.2) is 9.18 Å². The summed E-state index contributed by atoms with van der Waals surface area (Å²) in [5, 5.41) is 2.78. The first kappa shape index (κ1) is 17.9. The molecule has 1 atom stereocenters. The van der Waals surface area contributed by atoms with Crippen LogP contribution in [0.15, 0.2) is 39.9 Å². The Labute approximate surface area is 149 Å². The van der Waals surface area contributed by atoms with Crippen molar-refractivity contribution in [1.29, 1.82) is 0 Å². The van der Waals surface area contributed by atoms with Crippen LogP contribution in [0, 0.1) is 11.7 Å². The number of hydrogen-bond acceptors (Lipinski definition) is 4. The summed E-state index contributed by atoms with van der Waals surface area (Å²) in [4.78, 5) is 38.0. The number of hydrogen-bond donors (Lipinski definition) is 1. The molecule has 8 heteroatoms. The first-order chi connectivity index (χ1) is 12.4. The number of carbonyl (C=O) groups excluding carboxylic acids is 1. The second-order valence-electron chi connectivity index (χ2n) is 6.53. The van der Waals surface area contributed by atoms with E-state index in [2.05, 4.69) is 5.32 Å². The van der Waals surface area contributed by atoms with Crippen LogP contribution >= 0.6 is 0 Å². The maximum absolute atomic E-state index is 13.9. The molecule has 0 spiro atoms. The van der Waals surface area contributed by atoms with E-state index in [0.29, 0.717) is 25.3 Å². The van der Waals surface area contributed by atoms with E-state index in [1.165, 1.54) is 20.2 Å². The third-order valence-electron chi connectivity index (χ3n) is 4.79. The number of para-hydroxylation sites is 1. The highest BCUT2D eigenvalue weighted by Crippen LogP contribution is 2.25. The number of carbonyl (C=O) groups is 1. The first-order valence-corrected chi connectivity index (χ1v) is 8.43. The van der Waals surface area contributed by atoms with Gasteiger partial charge in [0.05, 0.1) is 5.69 Å². The van der Waals surface area contributed by atoms with Gasteiger partial charge in [-0.05, 0) is 24.5 Å². The zero-order valence-electron chi connectivity index (χ0n) is 14.7. The van der Waals surface area contributed by atoms with Crippen LogP contribution in [0.25, 0.3) is 0 Å². The lowest BCUT2D eigenvalue weighted by Crippen LogP contribution is -2.42. The van der Waals surface area contributed by atoms with Crippen LogP contribution in [0.3, 0.4) is 0 Å². The summed E-state index contributed by atoms with van der Waals surface area (Å²) < 4.78 is 16.0. The standard InChI is InChI=1S/C18H21FN4O3/c1-21-15(9-16(24)22(2)18(21)26)17(25)20-10-12-7-8-23(11-12)14-6-4-3-5-13(14)19/h3-6,9,12H,7-8,10-11H2,1-2H3,(H,20,25)/t12-/m1/s1. The van der Waals surface area contributed by atoms with Crippen molar-refractivity contribution in [2.75, 3.05) is 24.5 Å². The Morgan fingerprint density at radius 1 is 1.23 bits per heavy atom. The maximum Gasteiger partial charge on any atom is 0.331 e. The molecule has 1 aromatic heterocycles. The smallest absolute Gasteiger partial charge is 0.331 e. The molecule has 1 fully saturated rings. The van der Waals surface area contributed by atoms with Gasteiger partial charge in [0.2, 0.25) is 0 Å². The molecule has 26 heavy (non-hydrogen) atoms. The molecular weight excluding hydrogens is 339 g/mol. The first-order valence-electron chi connectivity index (χ1n) is 8.43. The number of nitrogens with zero attached hydrogens (tertiary/aromatic N) is 3. The van der Waals surface area contributed by atoms with Gasteiger partial charge in [0.1, 0.15) is 11.5 Å². The number of benzene rings is 1. The van der Waals surface area contributed by atoms with Gasteiger partial charge in [0.15, 0.2) is 0 Å². The number of rotatable bonds is 4. The summed E-state index contributed by atoms with van der Waals surface area (Å²) in [6.45, 7) is 1.75. The van der Waals surface area contributed by atoms with Gasteiger partial charge in [-0.1, -0.05) is 12.1 Å². The molecule has 2 aromatic rings. The number of amides is 1. The van der Waals surface area contributed by atoms with Crippen molar-refractivity contribution in [1.82, 2.24) is 14.5 Å². The molecule has 2 heterocycles. The van der Waals surface area contributed by atoms with E-state index in [-0.39, 0.29) is 17.4 Å². The summed E-state index contributed by atoms with van der Waals surface area (Å²) in [6.07, 6.45) is 0.824. The van der Waals surface area contributed by atoms with E-state index in [1.807, 2.05) is 4.90 Å². The highest BCUT2D eigenvalue weighted by molar-refractivity contribution is 5.92. The molecule has 1 amide bonds. The fraction of sp³-hybridized carbons (Fsp3) is 0.389. The predicted molar refractivity (Wildman–Crippen MR) is 96.0 cm³/mol. The van der Waals surface area contributed by atoms with Crippen molar-refractivity contribution in [3.05, 3.63) is 62.7 Å². The van der Waals surface area contributed by atoms with E-state index >= 15 is 0 Å². The van der Waals surface area contributed by atoms with E-state index in [4.69, 9.17) is 0 Å². The Balaban J connectivity index is 1.64. The molecule has 1 aliphatic rings. The lowest BCUT2D eigenvalue weighted by atomic mass is 10.1. The second-order valence-corrected chi connectivity index (χ2v) is 6.53. The van der Waals surface area contributed by atoms with Crippen molar-refractivity contribution in [2.45, 2.75) is 6.42 Å². The molecule has 1 aromatic carbocycles. The SMILES string of the molecule is Cn1c(C(=O)NC[C@H]2CCN(c3ccccc3F)C2)cc(=O)n(C)c1=O. The summed E-state index contributed by atoms with van der Waals surface area (Å²) in [6, 6.07) is 7.77. The predicted octanol–water partition coefficient (Wildman–Crippen LogP) is 0.479. The van der Waals surface area contributed by atoms with Gasteiger partial charge in [-0.15, -0.1) is 0 Å². The molecule has 1 N–H and O–H groups in total. The maximum atomic E-state index is 13.9. The average molecular weight is 360 g/mol. The van der Waals surface area contributed by atoms with E-state index < -0.39 is 17.2 Å². The van der Waals surface area contributed by atoms with Gasteiger partial charge >= 0.3 is 5.69 Å². The molecule has 0 bridgehead atoms. The third kappa shape index (κ3) is 3.40. The fourth-order valence-corrected chi connectivity index (χ4v) is 3.20. The molecule has 3 rings (SSSR count). The molecule has 1 aliphatic heterocycles. The molecule has 138 valence electrons. The lowest BCUT2D eigenvalue weighted by molar-refractivity contribution is 0.0938. The van der Waals surface area contributed by atoms with Crippen molar-refractivity contribution in [3.8, 4) is 0 Å². The van der Waals surface area contributed by atoms with Gasteiger partial charge in [-0.2, -0.15) is 0 Å². The minimum Gasteiger partial charge on any atom is -0.369 e. The van der Waals surface area contributed by atoms with Crippen LogP contribution in [0.5, 0.6) is 0 Å². The summed E-state index contributed by atoms with van der Waals surface area (Å²) in [7, 11) is 2.81. The monoisotopic (exact) mass is 360 g/mol. The second kappa shape index (κ2) is 7.15. The topological polar surface area (TPSA) is 76.3 Å². The zero-order chi connectivity index (χ0) is 18.8. The Bertz CT molecular complexity index is 950. The molecule has 0 saturated carbocycles. The van der Waals surface area contributed by atoms with Crippen LogP contribution in [0.2, 0.25) is 0 Å².